The van der Waals surface area contributed by atoms with Crippen molar-refractivity contribution < 1.29 is 14.3 Å². The van der Waals surface area contributed by atoms with Crippen LogP contribution in [0.4, 0.5) is 5.69 Å². The molecule has 0 spiro atoms. The summed E-state index contributed by atoms with van der Waals surface area (Å²) < 4.78 is 5.49. The number of hydrogen-bond acceptors (Lipinski definition) is 4. The second kappa shape index (κ2) is 10.3. The van der Waals surface area contributed by atoms with E-state index in [0.29, 0.717) is 31.2 Å². The van der Waals surface area contributed by atoms with Gasteiger partial charge in [0.25, 0.3) is 5.91 Å². The van der Waals surface area contributed by atoms with E-state index in [4.69, 9.17) is 16.3 Å². The summed E-state index contributed by atoms with van der Waals surface area (Å²) in [6.45, 7) is 2.30. The summed E-state index contributed by atoms with van der Waals surface area (Å²) in [7, 11) is 0. The van der Waals surface area contributed by atoms with Crippen LogP contribution in [0.5, 0.6) is 0 Å². The van der Waals surface area contributed by atoms with Gasteiger partial charge in [0.1, 0.15) is 5.92 Å². The van der Waals surface area contributed by atoms with Gasteiger partial charge in [-0.1, -0.05) is 78.3 Å². The van der Waals surface area contributed by atoms with E-state index in [1.54, 1.807) is 4.90 Å². The molecular formula is C26H25ClN2O3. The maximum absolute atomic E-state index is 13.0. The van der Waals surface area contributed by atoms with Gasteiger partial charge in [-0.05, 0) is 29.3 Å². The lowest BCUT2D eigenvalue weighted by molar-refractivity contribution is -0.152. The standard InChI is InChI=1S/C26H25ClN2O3/c27-22-12-7-13-23(18-22)28-14-16-29(17-15-28)24(30)19-32-26(31)25(20-8-3-1-4-9-20)21-10-5-2-6-11-21/h1-13,18,25H,14-17,19H2. The molecule has 3 aromatic rings. The number of carbonyl (C=O) groups excluding carboxylic acids is 2. The van der Waals surface area contributed by atoms with Crippen LogP contribution in [0, 0.1) is 0 Å². The molecule has 0 aliphatic carbocycles. The minimum absolute atomic E-state index is 0.177. The first kappa shape index (κ1) is 21.9. The topological polar surface area (TPSA) is 49.9 Å². The quantitative estimate of drug-likeness (QED) is 0.525. The van der Waals surface area contributed by atoms with Gasteiger partial charge in [-0.15, -0.1) is 0 Å². The number of anilines is 1. The maximum atomic E-state index is 13.0. The van der Waals surface area contributed by atoms with Gasteiger partial charge in [-0.25, -0.2) is 0 Å². The molecule has 1 aliphatic heterocycles. The highest BCUT2D eigenvalue weighted by Crippen LogP contribution is 2.26. The fraction of sp³-hybridized carbons (Fsp3) is 0.231. The van der Waals surface area contributed by atoms with E-state index in [1.165, 1.54) is 0 Å². The van der Waals surface area contributed by atoms with Crippen LogP contribution in [0.15, 0.2) is 84.9 Å². The fourth-order valence-electron chi connectivity index (χ4n) is 3.95. The minimum atomic E-state index is -0.565. The Labute approximate surface area is 193 Å². The maximum Gasteiger partial charge on any atom is 0.318 e. The smallest absolute Gasteiger partial charge is 0.318 e. The Hall–Kier alpha value is -3.31. The Morgan fingerprint density at radius 2 is 1.41 bits per heavy atom. The van der Waals surface area contributed by atoms with Crippen molar-refractivity contribution in [1.82, 2.24) is 4.90 Å². The molecule has 0 saturated carbocycles. The number of halogens is 1. The van der Waals surface area contributed by atoms with Crippen LogP contribution in [0.25, 0.3) is 0 Å². The van der Waals surface area contributed by atoms with Crippen molar-refractivity contribution in [2.24, 2.45) is 0 Å². The van der Waals surface area contributed by atoms with E-state index in [1.807, 2.05) is 84.9 Å². The molecule has 3 aromatic carbocycles. The van der Waals surface area contributed by atoms with E-state index in [2.05, 4.69) is 4.90 Å². The lowest BCUT2D eigenvalue weighted by Gasteiger charge is -2.36. The average molecular weight is 449 g/mol. The van der Waals surface area contributed by atoms with Crippen LogP contribution in [0.1, 0.15) is 17.0 Å². The summed E-state index contributed by atoms with van der Waals surface area (Å²) in [5, 5.41) is 0.694. The molecule has 32 heavy (non-hydrogen) atoms. The predicted molar refractivity (Wildman–Crippen MR) is 126 cm³/mol. The lowest BCUT2D eigenvalue weighted by Crippen LogP contribution is -2.50. The number of carbonyl (C=O) groups is 2. The molecule has 0 aromatic heterocycles. The first-order chi connectivity index (χ1) is 15.6. The van der Waals surface area contributed by atoms with Gasteiger partial charge in [0.2, 0.25) is 0 Å². The van der Waals surface area contributed by atoms with Gasteiger partial charge in [-0.2, -0.15) is 0 Å². The minimum Gasteiger partial charge on any atom is -0.455 e. The summed E-state index contributed by atoms with van der Waals surface area (Å²) >= 11 is 6.09. The second-order valence-corrected chi connectivity index (χ2v) is 8.15. The highest BCUT2D eigenvalue weighted by atomic mass is 35.5. The first-order valence-corrected chi connectivity index (χ1v) is 11.0. The third kappa shape index (κ3) is 5.29. The second-order valence-electron chi connectivity index (χ2n) is 7.71. The Morgan fingerprint density at radius 3 is 1.97 bits per heavy atom. The number of hydrogen-bond donors (Lipinski definition) is 0. The number of piperazine rings is 1. The summed E-state index contributed by atoms with van der Waals surface area (Å²) in [5.41, 5.74) is 2.72. The predicted octanol–water partition coefficient (Wildman–Crippen LogP) is 4.36. The normalized spacial score (nSPS) is 13.8. The Balaban J connectivity index is 1.35. The summed E-state index contributed by atoms with van der Waals surface area (Å²) in [6.07, 6.45) is 0. The highest BCUT2D eigenvalue weighted by Gasteiger charge is 2.27. The average Bonchev–Trinajstić information content (AvgIpc) is 2.84. The van der Waals surface area contributed by atoms with Gasteiger partial charge in [0, 0.05) is 36.9 Å². The third-order valence-electron chi connectivity index (χ3n) is 5.65. The van der Waals surface area contributed by atoms with E-state index < -0.39 is 11.9 Å². The monoisotopic (exact) mass is 448 g/mol. The summed E-state index contributed by atoms with van der Waals surface area (Å²) in [4.78, 5) is 29.6. The van der Waals surface area contributed by atoms with Crippen LogP contribution < -0.4 is 4.90 Å². The van der Waals surface area contributed by atoms with E-state index >= 15 is 0 Å². The number of esters is 1. The van der Waals surface area contributed by atoms with Gasteiger partial charge >= 0.3 is 5.97 Å². The highest BCUT2D eigenvalue weighted by molar-refractivity contribution is 6.30. The molecule has 0 bridgehead atoms. The molecule has 1 heterocycles. The number of ether oxygens (including phenoxy) is 1. The van der Waals surface area contributed by atoms with Crippen molar-refractivity contribution in [3.05, 3.63) is 101 Å². The first-order valence-electron chi connectivity index (χ1n) is 10.7. The van der Waals surface area contributed by atoms with Crippen LogP contribution in [0.3, 0.4) is 0 Å². The molecule has 1 aliphatic rings. The van der Waals surface area contributed by atoms with Crippen molar-refractivity contribution in [3.8, 4) is 0 Å². The van der Waals surface area contributed by atoms with Gasteiger partial charge in [-0.3, -0.25) is 9.59 Å². The Bertz CT molecular complexity index is 1010. The van der Waals surface area contributed by atoms with Gasteiger partial charge in [0.15, 0.2) is 6.61 Å². The third-order valence-corrected chi connectivity index (χ3v) is 5.88. The molecular weight excluding hydrogens is 424 g/mol. The number of amides is 1. The molecule has 0 unspecified atom stereocenters. The molecule has 1 amide bonds. The van der Waals surface area contributed by atoms with Crippen molar-refractivity contribution in [2.45, 2.75) is 5.92 Å². The Kier molecular flexibility index (Phi) is 7.07. The molecule has 0 radical (unpaired) electrons. The van der Waals surface area contributed by atoms with Gasteiger partial charge < -0.3 is 14.5 Å². The molecule has 1 saturated heterocycles. The molecule has 0 N–H and O–H groups in total. The number of benzene rings is 3. The number of nitrogens with zero attached hydrogens (tertiary/aromatic N) is 2. The molecule has 4 rings (SSSR count). The van der Waals surface area contributed by atoms with Crippen molar-refractivity contribution in [1.29, 1.82) is 0 Å². The van der Waals surface area contributed by atoms with Crippen LogP contribution in [-0.2, 0) is 14.3 Å². The molecule has 0 atom stereocenters. The fourth-order valence-corrected chi connectivity index (χ4v) is 4.13. The van der Waals surface area contributed by atoms with Crippen LogP contribution in [-0.4, -0.2) is 49.6 Å². The lowest BCUT2D eigenvalue weighted by atomic mass is 9.91. The molecule has 164 valence electrons. The van der Waals surface area contributed by atoms with E-state index in [0.717, 1.165) is 16.8 Å². The summed E-state index contributed by atoms with van der Waals surface area (Å²) in [6, 6.07) is 26.7. The van der Waals surface area contributed by atoms with Crippen LogP contribution >= 0.6 is 11.6 Å². The van der Waals surface area contributed by atoms with E-state index in [-0.39, 0.29) is 12.5 Å². The van der Waals surface area contributed by atoms with E-state index in [9.17, 15) is 9.59 Å². The zero-order valence-corrected chi connectivity index (χ0v) is 18.4. The largest absolute Gasteiger partial charge is 0.455 e. The van der Waals surface area contributed by atoms with Crippen molar-refractivity contribution in [2.75, 3.05) is 37.7 Å². The molecule has 1 fully saturated rings. The Morgan fingerprint density at radius 1 is 0.812 bits per heavy atom. The number of rotatable bonds is 6. The SMILES string of the molecule is O=C(OCC(=O)N1CCN(c2cccc(Cl)c2)CC1)C(c1ccccc1)c1ccccc1. The summed E-state index contributed by atoms with van der Waals surface area (Å²) in [5.74, 6) is -1.16. The van der Waals surface area contributed by atoms with Crippen molar-refractivity contribution in [3.63, 3.8) is 0 Å². The van der Waals surface area contributed by atoms with Gasteiger partial charge in [0.05, 0.1) is 0 Å². The zero-order valence-electron chi connectivity index (χ0n) is 17.7. The molecule has 5 nitrogen and oxygen atoms in total. The van der Waals surface area contributed by atoms with Crippen LogP contribution in [0.2, 0.25) is 5.02 Å². The molecule has 6 heteroatoms. The zero-order chi connectivity index (χ0) is 22.3. The van der Waals surface area contributed by atoms with Crippen molar-refractivity contribution >= 4 is 29.2 Å².